The first kappa shape index (κ1) is 27.5. The van der Waals surface area contributed by atoms with Gasteiger partial charge in [-0.2, -0.15) is 0 Å². The van der Waals surface area contributed by atoms with E-state index in [9.17, 15) is 0 Å². The maximum atomic E-state index is 6.60. The molecule has 0 heterocycles. The number of nitrogens with one attached hydrogen (secondary N) is 1. The molecule has 0 fully saturated rings. The third kappa shape index (κ3) is 10.4. The van der Waals surface area contributed by atoms with Gasteiger partial charge in [-0.1, -0.05) is 68.1 Å². The highest BCUT2D eigenvalue weighted by molar-refractivity contribution is 6.32. The number of hydrogen-bond acceptors (Lipinski definition) is 4. The highest BCUT2D eigenvalue weighted by Gasteiger charge is 2.13. The average molecular weight is 475 g/mol. The van der Waals surface area contributed by atoms with Gasteiger partial charge in [0.05, 0.1) is 11.6 Å². The number of ether oxygens (including phenoxy) is 2. The number of rotatable bonds is 17. The number of nitrogens with zero attached hydrogens (tertiary/aromatic N) is 1. The van der Waals surface area contributed by atoms with Gasteiger partial charge in [0.2, 0.25) is 0 Å². The summed E-state index contributed by atoms with van der Waals surface area (Å²) >= 11 is 6.60. The molecule has 33 heavy (non-hydrogen) atoms. The smallest absolute Gasteiger partial charge is 0.180 e. The van der Waals surface area contributed by atoms with E-state index in [0.717, 1.165) is 37.2 Å². The lowest BCUT2D eigenvalue weighted by atomic mass is 10.1. The van der Waals surface area contributed by atoms with Crippen molar-refractivity contribution in [2.75, 3.05) is 32.8 Å². The van der Waals surface area contributed by atoms with Crippen LogP contribution in [0.1, 0.15) is 69.6 Å². The zero-order valence-corrected chi connectivity index (χ0v) is 21.8. The zero-order valence-electron chi connectivity index (χ0n) is 21.1. The second kappa shape index (κ2) is 16.0. The number of unbranched alkanes of at least 4 members (excludes halogenated alkanes) is 2. The van der Waals surface area contributed by atoms with Crippen LogP contribution < -0.4 is 14.8 Å². The largest absolute Gasteiger partial charge is 0.490 e. The molecule has 0 bridgehead atoms. The quantitative estimate of drug-likeness (QED) is 0.250. The molecule has 0 spiro atoms. The molecule has 0 aliphatic carbocycles. The summed E-state index contributed by atoms with van der Waals surface area (Å²) in [6.07, 6.45) is 6.24. The molecule has 0 saturated heterocycles. The zero-order chi connectivity index (χ0) is 23.9. The van der Waals surface area contributed by atoms with Crippen molar-refractivity contribution in [1.82, 2.24) is 10.2 Å². The molecule has 0 amide bonds. The topological polar surface area (TPSA) is 33.7 Å². The Morgan fingerprint density at radius 2 is 1.52 bits per heavy atom. The molecule has 5 heteroatoms. The highest BCUT2D eigenvalue weighted by Crippen LogP contribution is 2.37. The molecule has 0 aliphatic heterocycles. The van der Waals surface area contributed by atoms with E-state index >= 15 is 0 Å². The summed E-state index contributed by atoms with van der Waals surface area (Å²) in [5.41, 5.74) is 3.45. The Labute approximate surface area is 206 Å². The van der Waals surface area contributed by atoms with E-state index in [1.54, 1.807) is 0 Å². The molecule has 0 unspecified atom stereocenters. The second-order valence-electron chi connectivity index (χ2n) is 8.69. The molecule has 184 valence electrons. The minimum Gasteiger partial charge on any atom is -0.490 e. The first-order chi connectivity index (χ1) is 16.1. The molecule has 1 N–H and O–H groups in total. The van der Waals surface area contributed by atoms with Crippen LogP contribution in [0.5, 0.6) is 11.5 Å². The first-order valence-electron chi connectivity index (χ1n) is 12.6. The molecule has 0 atom stereocenters. The Kier molecular flexibility index (Phi) is 13.3. The van der Waals surface area contributed by atoms with Crippen molar-refractivity contribution < 1.29 is 9.47 Å². The molecule has 0 radical (unpaired) electrons. The molecule has 2 aromatic rings. The van der Waals surface area contributed by atoms with Gasteiger partial charge in [0.15, 0.2) is 11.5 Å². The average Bonchev–Trinajstić information content (AvgIpc) is 2.81. The SMILES string of the molecule is CCCCN(CCCC)CCCNCc1cc(Cl)c(OCc2ccc(C)cc2)c(OCC)c1. The van der Waals surface area contributed by atoms with Gasteiger partial charge >= 0.3 is 0 Å². The van der Waals surface area contributed by atoms with Crippen molar-refractivity contribution in [3.05, 3.63) is 58.1 Å². The van der Waals surface area contributed by atoms with Crippen molar-refractivity contribution >= 4 is 11.6 Å². The van der Waals surface area contributed by atoms with Crippen LogP contribution in [0.4, 0.5) is 0 Å². The van der Waals surface area contributed by atoms with Gasteiger partial charge in [-0.3, -0.25) is 0 Å². The lowest BCUT2D eigenvalue weighted by Gasteiger charge is -2.22. The van der Waals surface area contributed by atoms with Crippen LogP contribution in [0.15, 0.2) is 36.4 Å². The Morgan fingerprint density at radius 3 is 2.15 bits per heavy atom. The molecule has 2 rings (SSSR count). The van der Waals surface area contributed by atoms with Crippen molar-refractivity contribution in [3.8, 4) is 11.5 Å². The van der Waals surface area contributed by atoms with Crippen molar-refractivity contribution in [2.24, 2.45) is 0 Å². The third-order valence-electron chi connectivity index (χ3n) is 5.69. The summed E-state index contributed by atoms with van der Waals surface area (Å²) in [4.78, 5) is 2.61. The number of aryl methyl sites for hydroxylation is 1. The van der Waals surface area contributed by atoms with Crippen LogP contribution in [0.2, 0.25) is 5.02 Å². The maximum Gasteiger partial charge on any atom is 0.180 e. The summed E-state index contributed by atoms with van der Waals surface area (Å²) < 4.78 is 11.9. The lowest BCUT2D eigenvalue weighted by Crippen LogP contribution is -2.29. The minimum absolute atomic E-state index is 0.463. The molecule has 0 aliphatic rings. The van der Waals surface area contributed by atoms with Crippen LogP contribution >= 0.6 is 11.6 Å². The van der Waals surface area contributed by atoms with E-state index in [4.69, 9.17) is 21.1 Å². The first-order valence-corrected chi connectivity index (χ1v) is 13.0. The van der Waals surface area contributed by atoms with E-state index in [0.29, 0.717) is 29.7 Å². The molecule has 0 aromatic heterocycles. The summed E-state index contributed by atoms with van der Waals surface area (Å²) in [6, 6.07) is 12.4. The Hall–Kier alpha value is -1.75. The molecular weight excluding hydrogens is 432 g/mol. The normalized spacial score (nSPS) is 11.2. The molecule has 4 nitrogen and oxygen atoms in total. The van der Waals surface area contributed by atoms with E-state index in [2.05, 4.69) is 55.3 Å². The van der Waals surface area contributed by atoms with Crippen LogP contribution in [0.3, 0.4) is 0 Å². The summed E-state index contributed by atoms with van der Waals surface area (Å²) in [7, 11) is 0. The maximum absolute atomic E-state index is 6.60. The molecule has 0 saturated carbocycles. The predicted molar refractivity (Wildman–Crippen MR) is 141 cm³/mol. The Bertz CT molecular complexity index is 787. The fraction of sp³-hybridized carbons (Fsp3) is 0.571. The van der Waals surface area contributed by atoms with Gasteiger partial charge in [0.25, 0.3) is 0 Å². The highest BCUT2D eigenvalue weighted by atomic mass is 35.5. The van der Waals surface area contributed by atoms with Crippen molar-refractivity contribution in [3.63, 3.8) is 0 Å². The molecular formula is C28H43ClN2O2. The standard InChI is InChI=1S/C28H43ClN2O2/c1-5-8-16-31(17-9-6-2)18-10-15-30-21-25-19-26(29)28(27(20-25)32-7-3)33-22-24-13-11-23(4)12-14-24/h11-14,19-20,30H,5-10,15-18,21-22H2,1-4H3. The molecule has 2 aromatic carbocycles. The van der Waals surface area contributed by atoms with Crippen molar-refractivity contribution in [1.29, 1.82) is 0 Å². The van der Waals surface area contributed by atoms with E-state index in [-0.39, 0.29) is 0 Å². The van der Waals surface area contributed by atoms with Gasteiger partial charge in [-0.15, -0.1) is 0 Å². The Balaban J connectivity index is 1.87. The Morgan fingerprint density at radius 1 is 0.848 bits per heavy atom. The van der Waals surface area contributed by atoms with Crippen LogP contribution in [-0.4, -0.2) is 37.7 Å². The third-order valence-corrected chi connectivity index (χ3v) is 5.97. The van der Waals surface area contributed by atoms with Gasteiger partial charge < -0.3 is 19.7 Å². The van der Waals surface area contributed by atoms with Gasteiger partial charge in [-0.05, 0) is 82.5 Å². The second-order valence-corrected chi connectivity index (χ2v) is 9.10. The lowest BCUT2D eigenvalue weighted by molar-refractivity contribution is 0.261. The summed E-state index contributed by atoms with van der Waals surface area (Å²) in [6.45, 7) is 15.0. The fourth-order valence-corrected chi connectivity index (χ4v) is 4.01. The van der Waals surface area contributed by atoms with Crippen LogP contribution in [0, 0.1) is 6.92 Å². The van der Waals surface area contributed by atoms with E-state index in [1.807, 2.05) is 19.1 Å². The van der Waals surface area contributed by atoms with Crippen LogP contribution in [-0.2, 0) is 13.2 Å². The monoisotopic (exact) mass is 474 g/mol. The van der Waals surface area contributed by atoms with Gasteiger partial charge in [0.1, 0.15) is 6.61 Å². The fourth-order valence-electron chi connectivity index (χ4n) is 3.73. The number of hydrogen-bond donors (Lipinski definition) is 1. The van der Waals surface area contributed by atoms with E-state index < -0.39 is 0 Å². The minimum atomic E-state index is 0.463. The van der Waals surface area contributed by atoms with E-state index in [1.165, 1.54) is 44.3 Å². The van der Waals surface area contributed by atoms with Gasteiger partial charge in [0, 0.05) is 6.54 Å². The number of benzene rings is 2. The van der Waals surface area contributed by atoms with Crippen molar-refractivity contribution in [2.45, 2.75) is 73.0 Å². The number of halogens is 1. The predicted octanol–water partition coefficient (Wildman–Crippen LogP) is 7.01. The van der Waals surface area contributed by atoms with Gasteiger partial charge in [-0.25, -0.2) is 0 Å². The van der Waals surface area contributed by atoms with Crippen LogP contribution in [0.25, 0.3) is 0 Å². The summed E-state index contributed by atoms with van der Waals surface area (Å²) in [5.74, 6) is 1.32. The summed E-state index contributed by atoms with van der Waals surface area (Å²) in [5, 5.41) is 4.16.